The molecule has 5 unspecified atom stereocenters. The molecule has 4 aromatic rings. The average Bonchev–Trinajstić information content (AvgIpc) is 3.74. The van der Waals surface area contributed by atoms with Crippen molar-refractivity contribution < 1.29 is 53.3 Å². The molecule has 246 valence electrons. The Morgan fingerprint density at radius 1 is 0.696 bits per heavy atom. The minimum Gasteiger partial charge on any atom is -0.394 e. The van der Waals surface area contributed by atoms with Crippen LogP contribution in [0.4, 0.5) is 13.2 Å². The van der Waals surface area contributed by atoms with Gasteiger partial charge < -0.3 is 40.1 Å². The van der Waals surface area contributed by atoms with Crippen LogP contribution in [0.1, 0.15) is 12.1 Å². The first-order chi connectivity index (χ1) is 22.1. The van der Waals surface area contributed by atoms with Gasteiger partial charge in [0, 0.05) is 23.5 Å². The van der Waals surface area contributed by atoms with E-state index in [0.717, 1.165) is 22.6 Å². The summed E-state index contributed by atoms with van der Waals surface area (Å²) in [4.78, 5) is 7.85. The molecular formula is C26H27F3N8O8S. The average molecular weight is 669 g/mol. The van der Waals surface area contributed by atoms with Crippen LogP contribution in [0.5, 0.6) is 0 Å². The number of thioether (sulfide) groups is 1. The van der Waals surface area contributed by atoms with Crippen molar-refractivity contribution in [1.29, 1.82) is 0 Å². The smallest absolute Gasteiger partial charge is 0.194 e. The number of nitrogens with zero attached hydrogens (tertiary/aromatic N) is 8. The Labute approximate surface area is 261 Å². The molecule has 2 aliphatic heterocycles. The molecule has 3 aromatic heterocycles. The Bertz CT molecular complexity index is 1630. The molecule has 46 heavy (non-hydrogen) atoms. The van der Waals surface area contributed by atoms with Gasteiger partial charge in [-0.1, -0.05) is 22.2 Å². The predicted octanol–water partition coefficient (Wildman–Crippen LogP) is -1.20. The number of hydrogen-bond acceptors (Lipinski definition) is 15. The van der Waals surface area contributed by atoms with Gasteiger partial charge in [0.15, 0.2) is 17.5 Å². The molecule has 0 amide bonds. The summed E-state index contributed by atoms with van der Waals surface area (Å²) in [5.74, 6) is -4.59. The van der Waals surface area contributed by atoms with Crippen molar-refractivity contribution in [3.63, 3.8) is 0 Å². The van der Waals surface area contributed by atoms with Crippen LogP contribution in [-0.2, 0) is 9.47 Å². The Hall–Kier alpha value is -3.60. The van der Waals surface area contributed by atoms with Crippen LogP contribution >= 0.6 is 11.8 Å². The summed E-state index contributed by atoms with van der Waals surface area (Å²) in [6.07, 6.45) is -1.77. The molecule has 0 aliphatic carbocycles. The van der Waals surface area contributed by atoms with Crippen molar-refractivity contribution in [2.75, 3.05) is 13.2 Å². The third-order valence-electron chi connectivity index (χ3n) is 7.73. The number of benzene rings is 1. The molecule has 2 fully saturated rings. The normalized spacial score (nSPS) is 31.7. The van der Waals surface area contributed by atoms with Crippen LogP contribution < -0.4 is 0 Å². The molecule has 6 rings (SSSR count). The molecule has 6 N–H and O–H groups in total. The highest BCUT2D eigenvalue weighted by molar-refractivity contribution is 8.00. The lowest BCUT2D eigenvalue weighted by molar-refractivity contribution is -0.189. The van der Waals surface area contributed by atoms with E-state index in [2.05, 4.69) is 30.6 Å². The Morgan fingerprint density at radius 2 is 1.15 bits per heavy atom. The molecule has 10 atom stereocenters. The molecule has 2 aliphatic rings. The number of aliphatic hydroxyl groups excluding tert-OH is 6. The van der Waals surface area contributed by atoms with Gasteiger partial charge in [-0.2, -0.15) is 0 Å². The topological polar surface area (TPSA) is 227 Å². The number of aromatic nitrogens is 8. The maximum Gasteiger partial charge on any atom is 0.194 e. The molecule has 5 heterocycles. The summed E-state index contributed by atoms with van der Waals surface area (Å²) in [5, 5.41) is 80.3. The predicted molar refractivity (Wildman–Crippen MR) is 148 cm³/mol. The molecule has 0 bridgehead atoms. The molecule has 16 nitrogen and oxygen atoms in total. The van der Waals surface area contributed by atoms with E-state index in [4.69, 9.17) is 9.47 Å². The molecule has 2 saturated heterocycles. The van der Waals surface area contributed by atoms with Crippen LogP contribution in [0.15, 0.2) is 43.2 Å². The van der Waals surface area contributed by atoms with E-state index in [1.165, 1.54) is 29.6 Å². The van der Waals surface area contributed by atoms with Crippen LogP contribution in [0.25, 0.3) is 22.5 Å². The summed E-state index contributed by atoms with van der Waals surface area (Å²) in [7, 11) is 0. The Morgan fingerprint density at radius 3 is 1.61 bits per heavy atom. The molecule has 20 heteroatoms. The highest BCUT2D eigenvalue weighted by Gasteiger charge is 2.51. The highest BCUT2D eigenvalue weighted by Crippen LogP contribution is 2.42. The Kier molecular flexibility index (Phi) is 9.32. The minimum atomic E-state index is -1.67. The zero-order valence-corrected chi connectivity index (χ0v) is 24.2. The van der Waals surface area contributed by atoms with Gasteiger partial charge in [-0.3, -0.25) is 0 Å². The van der Waals surface area contributed by atoms with Gasteiger partial charge in [-0.05, 0) is 12.1 Å². The van der Waals surface area contributed by atoms with Gasteiger partial charge in [0.05, 0.1) is 25.6 Å². The lowest BCUT2D eigenvalue weighted by Gasteiger charge is -2.46. The van der Waals surface area contributed by atoms with Gasteiger partial charge in [0.2, 0.25) is 0 Å². The zero-order valence-electron chi connectivity index (χ0n) is 23.3. The zero-order chi connectivity index (χ0) is 32.7. The first-order valence-corrected chi connectivity index (χ1v) is 14.7. The quantitative estimate of drug-likeness (QED) is 0.121. The summed E-state index contributed by atoms with van der Waals surface area (Å²) in [6.45, 7) is -1.37. The van der Waals surface area contributed by atoms with Crippen LogP contribution in [0.2, 0.25) is 0 Å². The van der Waals surface area contributed by atoms with E-state index in [-0.39, 0.29) is 11.3 Å². The van der Waals surface area contributed by atoms with E-state index in [0.29, 0.717) is 23.4 Å². The van der Waals surface area contributed by atoms with E-state index in [1.807, 2.05) is 0 Å². The SMILES string of the molecule is OCC1O[C@@H](SC2O[C@H](CO)C(O)C(n3cc(-c4cncnc4)nn3)[C@H]2O)[C@@H](O)C(n2cc(-c3cc(F)c(F)c(F)c3)nn2)[C@H]1O. The molecule has 1 aromatic carbocycles. The van der Waals surface area contributed by atoms with Crippen LogP contribution in [-0.4, -0.2) is 131 Å². The van der Waals surface area contributed by atoms with Crippen LogP contribution in [0, 0.1) is 17.5 Å². The van der Waals surface area contributed by atoms with Crippen molar-refractivity contribution in [2.45, 2.75) is 59.6 Å². The number of rotatable bonds is 8. The van der Waals surface area contributed by atoms with Gasteiger partial charge in [0.1, 0.15) is 77.3 Å². The van der Waals surface area contributed by atoms with Gasteiger partial charge in [0.25, 0.3) is 0 Å². The lowest BCUT2D eigenvalue weighted by Crippen LogP contribution is -2.58. The van der Waals surface area contributed by atoms with Gasteiger partial charge in [-0.15, -0.1) is 10.2 Å². The fourth-order valence-corrected chi connectivity index (χ4v) is 6.68. The molecule has 0 spiro atoms. The number of halogens is 3. The van der Waals surface area contributed by atoms with Crippen molar-refractivity contribution >= 4 is 11.8 Å². The summed E-state index contributed by atoms with van der Waals surface area (Å²) in [5.41, 5.74) is -2.03. The largest absolute Gasteiger partial charge is 0.394 e. The van der Waals surface area contributed by atoms with E-state index >= 15 is 0 Å². The summed E-state index contributed by atoms with van der Waals surface area (Å²) in [6, 6.07) is -1.13. The lowest BCUT2D eigenvalue weighted by atomic mass is 9.97. The monoisotopic (exact) mass is 668 g/mol. The van der Waals surface area contributed by atoms with Crippen LogP contribution in [0.3, 0.4) is 0 Å². The molecular weight excluding hydrogens is 641 g/mol. The highest BCUT2D eigenvalue weighted by atomic mass is 32.2. The maximum atomic E-state index is 13.8. The van der Waals surface area contributed by atoms with Crippen molar-refractivity contribution in [1.82, 2.24) is 40.0 Å². The second-order valence-corrected chi connectivity index (χ2v) is 11.8. The van der Waals surface area contributed by atoms with Crippen molar-refractivity contribution in [3.8, 4) is 22.5 Å². The summed E-state index contributed by atoms with van der Waals surface area (Å²) >= 11 is 0.736. The molecule has 0 saturated carbocycles. The van der Waals surface area contributed by atoms with Gasteiger partial charge in [-0.25, -0.2) is 32.5 Å². The first-order valence-electron chi connectivity index (χ1n) is 13.8. The molecule has 0 radical (unpaired) electrons. The standard InChI is InChI=1S/C26H27F3N8O8S/c27-12-1-10(2-13(28)18(12)29)14-5-36(34-32-14)19-21(40)16(7-38)44-25(23(19)42)46-26-24(43)20(22(41)17(8-39)45-26)37-6-15(33-35-37)11-3-30-9-31-4-11/h1-6,9,16-17,19-26,38-43H,7-8H2/t16?,17-,19?,20?,21+,22?,23+,24-,25+,26?/m1/s1. The maximum absolute atomic E-state index is 13.8. The summed E-state index contributed by atoms with van der Waals surface area (Å²) < 4.78 is 54.8. The van der Waals surface area contributed by atoms with E-state index < -0.39 is 90.2 Å². The van der Waals surface area contributed by atoms with E-state index in [1.54, 1.807) is 0 Å². The number of ether oxygens (including phenoxy) is 2. The second kappa shape index (κ2) is 13.3. The van der Waals surface area contributed by atoms with Crippen molar-refractivity contribution in [3.05, 3.63) is 60.7 Å². The second-order valence-electron chi connectivity index (χ2n) is 10.6. The Balaban J connectivity index is 1.25. The first kappa shape index (κ1) is 32.3. The minimum absolute atomic E-state index is 0.114. The van der Waals surface area contributed by atoms with Gasteiger partial charge >= 0.3 is 0 Å². The number of aliphatic hydroxyl groups is 6. The third-order valence-corrected chi connectivity index (χ3v) is 9.05. The fourth-order valence-electron chi connectivity index (χ4n) is 5.36. The van der Waals surface area contributed by atoms with Crippen molar-refractivity contribution in [2.24, 2.45) is 0 Å². The third kappa shape index (κ3) is 5.98. The van der Waals surface area contributed by atoms with E-state index in [9.17, 15) is 43.8 Å². The number of hydrogen-bond donors (Lipinski definition) is 6. The fraction of sp³-hybridized carbons (Fsp3) is 0.462.